The highest BCUT2D eigenvalue weighted by Crippen LogP contribution is 2.28. The first kappa shape index (κ1) is 17.4. The molecule has 6 heteroatoms. The molecule has 2 aromatic rings. The molecule has 1 aliphatic rings. The molecule has 25 heavy (non-hydrogen) atoms. The van der Waals surface area contributed by atoms with Crippen LogP contribution in [-0.4, -0.2) is 47.9 Å². The van der Waals surface area contributed by atoms with Crippen LogP contribution in [0.4, 0.5) is 11.4 Å². The molecule has 1 fully saturated rings. The Labute approximate surface area is 153 Å². The van der Waals surface area contributed by atoms with E-state index in [1.54, 1.807) is 6.07 Å². The van der Waals surface area contributed by atoms with Gasteiger partial charge in [-0.15, -0.1) is 0 Å². The van der Waals surface area contributed by atoms with Gasteiger partial charge in [-0.1, -0.05) is 24.3 Å². The van der Waals surface area contributed by atoms with Gasteiger partial charge in [-0.25, -0.2) is 0 Å². The molecule has 132 valence electrons. The molecule has 1 aliphatic heterocycles. The maximum absolute atomic E-state index is 10.0. The van der Waals surface area contributed by atoms with Crippen molar-refractivity contribution >= 4 is 28.7 Å². The third-order valence-corrected chi connectivity index (χ3v) is 4.58. The van der Waals surface area contributed by atoms with Crippen molar-refractivity contribution in [2.45, 2.75) is 6.92 Å². The Bertz CT molecular complexity index is 730. The standard InChI is InChI=1S/C19H23N3O2S/c1-2-24-18-10-6-3-7-15(18)20-19(25)22-13-11-21(12-14-22)16-8-4-5-9-17(16)23/h3-10,23H,2,11-14H2,1H3,(H,20,25). The minimum atomic E-state index is 0.322. The number of phenolic OH excluding ortho intramolecular Hbond substituents is 1. The van der Waals surface area contributed by atoms with E-state index in [0.29, 0.717) is 17.5 Å². The summed E-state index contributed by atoms with van der Waals surface area (Å²) in [5.41, 5.74) is 1.76. The van der Waals surface area contributed by atoms with Crippen molar-refractivity contribution in [1.29, 1.82) is 0 Å². The lowest BCUT2D eigenvalue weighted by Gasteiger charge is -2.37. The lowest BCUT2D eigenvalue weighted by atomic mass is 10.2. The van der Waals surface area contributed by atoms with Gasteiger partial charge in [-0.2, -0.15) is 0 Å². The summed E-state index contributed by atoms with van der Waals surface area (Å²) < 4.78 is 5.64. The SMILES string of the molecule is CCOc1ccccc1NC(=S)N1CCN(c2ccccc2O)CC1. The van der Waals surface area contributed by atoms with Crippen LogP contribution in [-0.2, 0) is 0 Å². The van der Waals surface area contributed by atoms with Crippen LogP contribution in [0.1, 0.15) is 6.92 Å². The van der Waals surface area contributed by atoms with Gasteiger partial charge < -0.3 is 25.0 Å². The minimum Gasteiger partial charge on any atom is -0.506 e. The molecule has 0 spiro atoms. The van der Waals surface area contributed by atoms with E-state index in [-0.39, 0.29) is 0 Å². The average molecular weight is 357 g/mol. The topological polar surface area (TPSA) is 48.0 Å². The van der Waals surface area contributed by atoms with Crippen LogP contribution in [0, 0.1) is 0 Å². The van der Waals surface area contributed by atoms with Crippen molar-refractivity contribution < 1.29 is 9.84 Å². The van der Waals surface area contributed by atoms with E-state index in [4.69, 9.17) is 17.0 Å². The van der Waals surface area contributed by atoms with Gasteiger partial charge in [0.2, 0.25) is 0 Å². The second-order valence-electron chi connectivity index (χ2n) is 5.82. The lowest BCUT2D eigenvalue weighted by molar-refractivity contribution is 0.341. The molecule has 1 saturated heterocycles. The molecule has 0 amide bonds. The van der Waals surface area contributed by atoms with E-state index in [1.165, 1.54) is 0 Å². The number of benzene rings is 2. The zero-order valence-corrected chi connectivity index (χ0v) is 15.1. The first-order chi connectivity index (χ1) is 12.2. The number of hydrogen-bond acceptors (Lipinski definition) is 4. The van der Waals surface area contributed by atoms with E-state index in [9.17, 15) is 5.11 Å². The number of ether oxygens (including phenoxy) is 1. The van der Waals surface area contributed by atoms with Gasteiger partial charge in [0.25, 0.3) is 0 Å². The summed E-state index contributed by atoms with van der Waals surface area (Å²) in [5.74, 6) is 1.13. The second-order valence-corrected chi connectivity index (χ2v) is 6.21. The van der Waals surface area contributed by atoms with Crippen molar-refractivity contribution in [2.75, 3.05) is 43.0 Å². The molecule has 2 aromatic carbocycles. The fourth-order valence-corrected chi connectivity index (χ4v) is 3.22. The fourth-order valence-electron chi connectivity index (χ4n) is 2.93. The Kier molecular flexibility index (Phi) is 5.60. The molecule has 0 aliphatic carbocycles. The Hall–Kier alpha value is -2.47. The van der Waals surface area contributed by atoms with Gasteiger partial charge >= 0.3 is 0 Å². The molecular formula is C19H23N3O2S. The van der Waals surface area contributed by atoms with E-state index >= 15 is 0 Å². The Morgan fingerprint density at radius 3 is 2.48 bits per heavy atom. The van der Waals surface area contributed by atoms with Crippen molar-refractivity contribution in [3.63, 3.8) is 0 Å². The van der Waals surface area contributed by atoms with Crippen molar-refractivity contribution in [1.82, 2.24) is 4.90 Å². The average Bonchev–Trinajstić information content (AvgIpc) is 2.64. The van der Waals surface area contributed by atoms with Gasteiger partial charge in [-0.3, -0.25) is 0 Å². The number of hydrogen-bond donors (Lipinski definition) is 2. The van der Waals surface area contributed by atoms with E-state index in [0.717, 1.165) is 43.3 Å². The molecule has 0 unspecified atom stereocenters. The highest BCUT2D eigenvalue weighted by molar-refractivity contribution is 7.80. The molecule has 2 N–H and O–H groups in total. The summed E-state index contributed by atoms with van der Waals surface area (Å²) in [6, 6.07) is 15.3. The zero-order chi connectivity index (χ0) is 17.6. The molecule has 1 heterocycles. The van der Waals surface area contributed by atoms with Crippen LogP contribution < -0.4 is 15.0 Å². The van der Waals surface area contributed by atoms with Gasteiger partial charge in [-0.05, 0) is 43.4 Å². The number of anilines is 2. The Morgan fingerprint density at radius 1 is 1.08 bits per heavy atom. The quantitative estimate of drug-likeness (QED) is 0.819. The summed E-state index contributed by atoms with van der Waals surface area (Å²) in [7, 11) is 0. The first-order valence-corrected chi connectivity index (χ1v) is 8.90. The summed E-state index contributed by atoms with van der Waals surface area (Å²) >= 11 is 5.57. The van der Waals surface area contributed by atoms with E-state index < -0.39 is 0 Å². The number of rotatable bonds is 4. The van der Waals surface area contributed by atoms with Crippen molar-refractivity contribution in [2.24, 2.45) is 0 Å². The number of piperazine rings is 1. The van der Waals surface area contributed by atoms with Crippen LogP contribution >= 0.6 is 12.2 Å². The van der Waals surface area contributed by atoms with E-state index in [2.05, 4.69) is 15.1 Å². The van der Waals surface area contributed by atoms with Crippen molar-refractivity contribution in [3.8, 4) is 11.5 Å². The summed E-state index contributed by atoms with van der Waals surface area (Å²) in [6.07, 6.45) is 0. The largest absolute Gasteiger partial charge is 0.506 e. The highest BCUT2D eigenvalue weighted by atomic mass is 32.1. The number of phenols is 1. The zero-order valence-electron chi connectivity index (χ0n) is 14.3. The summed E-state index contributed by atoms with van der Waals surface area (Å²) in [4.78, 5) is 4.33. The number of aromatic hydroxyl groups is 1. The van der Waals surface area contributed by atoms with Gasteiger partial charge in [0, 0.05) is 26.2 Å². The van der Waals surface area contributed by atoms with Crippen LogP contribution in [0.3, 0.4) is 0 Å². The summed E-state index contributed by atoms with van der Waals surface area (Å²) in [5, 5.41) is 14.0. The monoisotopic (exact) mass is 357 g/mol. The van der Waals surface area contributed by atoms with Crippen LogP contribution in [0.15, 0.2) is 48.5 Å². The fraction of sp³-hybridized carbons (Fsp3) is 0.316. The Balaban J connectivity index is 1.60. The number of nitrogens with one attached hydrogen (secondary N) is 1. The van der Waals surface area contributed by atoms with Crippen molar-refractivity contribution in [3.05, 3.63) is 48.5 Å². The minimum absolute atomic E-state index is 0.322. The molecule has 0 bridgehead atoms. The molecule has 5 nitrogen and oxygen atoms in total. The molecule has 3 rings (SSSR count). The lowest BCUT2D eigenvalue weighted by Crippen LogP contribution is -2.50. The number of para-hydroxylation sites is 4. The van der Waals surface area contributed by atoms with Gasteiger partial charge in [0.15, 0.2) is 5.11 Å². The van der Waals surface area contributed by atoms with Gasteiger partial charge in [0.1, 0.15) is 11.5 Å². The molecule has 0 saturated carbocycles. The number of nitrogens with zero attached hydrogens (tertiary/aromatic N) is 2. The third-order valence-electron chi connectivity index (χ3n) is 4.22. The smallest absolute Gasteiger partial charge is 0.173 e. The maximum Gasteiger partial charge on any atom is 0.173 e. The van der Waals surface area contributed by atoms with Crippen LogP contribution in [0.2, 0.25) is 0 Å². The van der Waals surface area contributed by atoms with Crippen LogP contribution in [0.5, 0.6) is 11.5 Å². The predicted octanol–water partition coefficient (Wildman–Crippen LogP) is 3.31. The second kappa shape index (κ2) is 8.07. The third kappa shape index (κ3) is 4.14. The van der Waals surface area contributed by atoms with Gasteiger partial charge in [0.05, 0.1) is 18.0 Å². The van der Waals surface area contributed by atoms with Crippen LogP contribution in [0.25, 0.3) is 0 Å². The molecular weight excluding hydrogens is 334 g/mol. The Morgan fingerprint density at radius 2 is 1.76 bits per heavy atom. The molecule has 0 aromatic heterocycles. The maximum atomic E-state index is 10.0. The normalized spacial score (nSPS) is 14.3. The predicted molar refractivity (Wildman–Crippen MR) is 106 cm³/mol. The van der Waals surface area contributed by atoms with E-state index in [1.807, 2.05) is 49.4 Å². The first-order valence-electron chi connectivity index (χ1n) is 8.49. The number of thiocarbonyl (C=S) groups is 1. The molecule has 0 radical (unpaired) electrons. The highest BCUT2D eigenvalue weighted by Gasteiger charge is 2.21. The molecule has 0 atom stereocenters. The summed E-state index contributed by atoms with van der Waals surface area (Å²) in [6.45, 7) is 5.81.